The largest absolute Gasteiger partial charge is 0.493 e. The number of carboxylic acids is 1. The highest BCUT2D eigenvalue weighted by atomic mass is 32.1. The van der Waals surface area contributed by atoms with Crippen LogP contribution in [0, 0.1) is 18.3 Å². The Kier molecular flexibility index (Phi) is 10.5. The molecule has 1 saturated carbocycles. The highest BCUT2D eigenvalue weighted by Crippen LogP contribution is 2.60. The monoisotopic (exact) mass is 787 g/mol. The maximum Gasteiger partial charge on any atom is 0.358 e. The fourth-order valence-electron chi connectivity index (χ4n) is 8.58. The number of thiazole rings is 1. The molecule has 57 heavy (non-hydrogen) atoms. The molecule has 11 nitrogen and oxygen atoms in total. The van der Waals surface area contributed by atoms with Crippen molar-refractivity contribution in [3.05, 3.63) is 101 Å². The molecule has 12 heteroatoms. The van der Waals surface area contributed by atoms with E-state index in [-0.39, 0.29) is 18.1 Å². The van der Waals surface area contributed by atoms with Crippen LogP contribution in [-0.4, -0.2) is 76.2 Å². The maximum absolute atomic E-state index is 13.9. The van der Waals surface area contributed by atoms with Gasteiger partial charge in [0, 0.05) is 24.2 Å². The van der Waals surface area contributed by atoms with Gasteiger partial charge in [-0.3, -0.25) is 19.8 Å². The van der Waals surface area contributed by atoms with Crippen LogP contribution in [0.4, 0.5) is 10.9 Å². The van der Waals surface area contributed by atoms with Crippen molar-refractivity contribution < 1.29 is 29.0 Å². The predicted molar refractivity (Wildman–Crippen MR) is 222 cm³/mol. The van der Waals surface area contributed by atoms with Crippen LogP contribution >= 0.6 is 11.3 Å². The summed E-state index contributed by atoms with van der Waals surface area (Å²) in [6.07, 6.45) is 4.93. The number of carbonyl (C=O) groups is 3. The molecule has 3 aliphatic rings. The van der Waals surface area contributed by atoms with E-state index in [2.05, 4.69) is 21.3 Å². The number of nitrogens with one attached hydrogen (secondary N) is 1. The second-order valence-corrected chi connectivity index (χ2v) is 17.7. The smallest absolute Gasteiger partial charge is 0.358 e. The van der Waals surface area contributed by atoms with E-state index < -0.39 is 17.5 Å². The summed E-state index contributed by atoms with van der Waals surface area (Å²) >= 11 is 1.45. The van der Waals surface area contributed by atoms with Crippen LogP contribution in [0.25, 0.3) is 21.3 Å². The van der Waals surface area contributed by atoms with Crippen LogP contribution in [-0.2, 0) is 22.5 Å². The molecular formula is C45H49N5O6S. The normalized spacial score (nSPS) is 17.6. The zero-order valence-corrected chi connectivity index (χ0v) is 33.8. The van der Waals surface area contributed by atoms with Gasteiger partial charge >= 0.3 is 11.9 Å². The minimum Gasteiger partial charge on any atom is -0.493 e. The number of esters is 1. The van der Waals surface area contributed by atoms with Gasteiger partial charge in [0.2, 0.25) is 0 Å². The molecule has 2 N–H and O–H groups in total. The topological polar surface area (TPSA) is 134 Å². The van der Waals surface area contributed by atoms with Crippen LogP contribution in [0.2, 0.25) is 0 Å². The summed E-state index contributed by atoms with van der Waals surface area (Å²) in [4.78, 5) is 52.5. The molecule has 1 aliphatic carbocycles. The number of aliphatic carboxylic acids is 1. The summed E-state index contributed by atoms with van der Waals surface area (Å²) in [6.45, 7) is 11.1. The number of piperidine rings is 1. The molecule has 0 bridgehead atoms. The van der Waals surface area contributed by atoms with Gasteiger partial charge in [-0.05, 0) is 143 Å². The molecule has 2 aliphatic heterocycles. The van der Waals surface area contributed by atoms with Crippen molar-refractivity contribution in [1.29, 1.82) is 0 Å². The molecule has 0 radical (unpaired) electrons. The first-order valence-electron chi connectivity index (χ1n) is 19.8. The van der Waals surface area contributed by atoms with Crippen molar-refractivity contribution in [2.24, 2.45) is 11.3 Å². The molecule has 5 aromatic rings. The number of anilines is 2. The van der Waals surface area contributed by atoms with Crippen molar-refractivity contribution in [2.75, 3.05) is 43.0 Å². The predicted octanol–water partition coefficient (Wildman–Crippen LogP) is 8.39. The van der Waals surface area contributed by atoms with Crippen LogP contribution in [0.3, 0.4) is 0 Å². The lowest BCUT2D eigenvalue weighted by Crippen LogP contribution is -2.38. The third-order valence-corrected chi connectivity index (χ3v) is 12.6. The molecule has 1 amide bonds. The number of ether oxygens (including phenoxy) is 2. The summed E-state index contributed by atoms with van der Waals surface area (Å²) in [5.41, 5.74) is 5.72. The van der Waals surface area contributed by atoms with Gasteiger partial charge in [0.25, 0.3) is 5.91 Å². The summed E-state index contributed by atoms with van der Waals surface area (Å²) in [7, 11) is 0. The fourth-order valence-corrected chi connectivity index (χ4v) is 9.44. The molecule has 1 saturated heterocycles. The van der Waals surface area contributed by atoms with Crippen molar-refractivity contribution in [1.82, 2.24) is 14.9 Å². The van der Waals surface area contributed by atoms with Gasteiger partial charge in [0.15, 0.2) is 10.8 Å². The van der Waals surface area contributed by atoms with E-state index in [4.69, 9.17) is 19.6 Å². The Morgan fingerprint density at radius 1 is 0.947 bits per heavy atom. The van der Waals surface area contributed by atoms with Gasteiger partial charge in [-0.1, -0.05) is 47.7 Å². The first kappa shape index (κ1) is 38.5. The number of hydrogen-bond donors (Lipinski definition) is 2. The van der Waals surface area contributed by atoms with E-state index in [1.165, 1.54) is 17.8 Å². The van der Waals surface area contributed by atoms with E-state index in [9.17, 15) is 14.4 Å². The van der Waals surface area contributed by atoms with E-state index in [0.29, 0.717) is 59.5 Å². The molecule has 296 valence electrons. The Morgan fingerprint density at radius 3 is 2.51 bits per heavy atom. The van der Waals surface area contributed by atoms with E-state index in [0.717, 1.165) is 70.6 Å². The van der Waals surface area contributed by atoms with Gasteiger partial charge in [0.05, 0.1) is 23.4 Å². The zero-order valence-electron chi connectivity index (χ0n) is 33.0. The third-order valence-electron chi connectivity index (χ3n) is 11.7. The zero-order chi connectivity index (χ0) is 39.9. The highest BCUT2D eigenvalue weighted by molar-refractivity contribution is 7.22. The van der Waals surface area contributed by atoms with Crippen molar-refractivity contribution in [3.63, 3.8) is 0 Å². The number of rotatable bonds is 11. The van der Waals surface area contributed by atoms with Crippen LogP contribution in [0.1, 0.15) is 84.0 Å². The summed E-state index contributed by atoms with van der Waals surface area (Å²) in [6, 6.07) is 23.4. The number of carbonyl (C=O) groups excluding carboxylic acids is 2. The lowest BCUT2D eigenvalue weighted by Gasteiger charge is -2.31. The standard InChI is InChI=1S/C45H49N5O6S/c1-28-31(10-8-13-36(28)55-24-18-30-25-45(30)19-22-49(23-20-45)27-39(51)52)32-15-16-38(47-40(32)42(54)56-44(2,3)4)50-21-17-29-9-7-11-33(34(29)26-50)41(53)48-43-46-35-12-5-6-14-37(35)57-43/h5-16,30H,17-27H2,1-4H3,(H,51,52)(H,46,48,53)/t30-/m1/s1. The Balaban J connectivity index is 0.998. The molecule has 0 unspecified atom stereocenters. The van der Waals surface area contributed by atoms with Gasteiger partial charge in [-0.15, -0.1) is 0 Å². The molecule has 2 fully saturated rings. The van der Waals surface area contributed by atoms with Gasteiger partial charge < -0.3 is 19.5 Å². The SMILES string of the molecule is Cc1c(OCC[C@@H]2CC23CCN(CC(=O)O)CC3)cccc1-c1ccc(N2CCc3cccc(C(=O)Nc4nc5ccccc5s4)c3C2)nc1C(=O)OC(C)(C)C. The molecule has 1 atom stereocenters. The number of fused-ring (bicyclic) bond motifs is 2. The maximum atomic E-state index is 13.9. The molecule has 8 rings (SSSR count). The van der Waals surface area contributed by atoms with E-state index >= 15 is 0 Å². The van der Waals surface area contributed by atoms with Crippen LogP contribution in [0.5, 0.6) is 5.75 Å². The molecule has 2 aromatic heterocycles. The lowest BCUT2D eigenvalue weighted by molar-refractivity contribution is -0.138. The number of nitrogens with zero attached hydrogens (tertiary/aromatic N) is 4. The number of aromatic nitrogens is 2. The van der Waals surface area contributed by atoms with Gasteiger partial charge in [-0.2, -0.15) is 0 Å². The molecule has 3 aromatic carbocycles. The third kappa shape index (κ3) is 8.38. The Labute approximate surface area is 337 Å². The van der Waals surface area contributed by atoms with E-state index in [1.807, 2.05) is 99.3 Å². The van der Waals surface area contributed by atoms with E-state index in [1.54, 1.807) is 0 Å². The Bertz CT molecular complexity index is 2310. The molecule has 4 heterocycles. The number of para-hydroxylation sites is 1. The lowest BCUT2D eigenvalue weighted by atomic mass is 9.90. The number of benzene rings is 3. The van der Waals surface area contributed by atoms with Gasteiger partial charge in [0.1, 0.15) is 17.2 Å². The second-order valence-electron chi connectivity index (χ2n) is 16.6. The minimum absolute atomic E-state index is 0.119. The van der Waals surface area contributed by atoms with Gasteiger partial charge in [-0.25, -0.2) is 14.8 Å². The Hall–Kier alpha value is -5.33. The first-order chi connectivity index (χ1) is 27.4. The average Bonchev–Trinajstić information content (AvgIpc) is 3.68. The molecule has 1 spiro atoms. The quantitative estimate of drug-likeness (QED) is 0.126. The fraction of sp³-hybridized carbons (Fsp3) is 0.400. The van der Waals surface area contributed by atoms with Crippen LogP contribution < -0.4 is 15.0 Å². The number of amides is 1. The van der Waals surface area contributed by atoms with Crippen molar-refractivity contribution >= 4 is 50.3 Å². The molecular weight excluding hydrogens is 739 g/mol. The average molecular weight is 788 g/mol. The second kappa shape index (κ2) is 15.5. The number of hydrogen-bond acceptors (Lipinski definition) is 10. The Morgan fingerprint density at radius 2 is 1.74 bits per heavy atom. The van der Waals surface area contributed by atoms with Crippen molar-refractivity contribution in [2.45, 2.75) is 71.9 Å². The summed E-state index contributed by atoms with van der Waals surface area (Å²) in [5, 5.41) is 12.7. The van der Waals surface area contributed by atoms with Crippen molar-refractivity contribution in [3.8, 4) is 16.9 Å². The number of likely N-dealkylation sites (tertiary alicyclic amines) is 1. The van der Waals surface area contributed by atoms with Crippen LogP contribution in [0.15, 0.2) is 72.8 Å². The summed E-state index contributed by atoms with van der Waals surface area (Å²) < 4.78 is 13.3. The number of carboxylic acid groups (broad SMARTS) is 1. The number of pyridine rings is 1. The highest BCUT2D eigenvalue weighted by Gasteiger charge is 2.54. The summed E-state index contributed by atoms with van der Waals surface area (Å²) in [5.74, 6) is 0.506. The minimum atomic E-state index is -0.763. The first-order valence-corrected chi connectivity index (χ1v) is 20.6.